The van der Waals surface area contributed by atoms with Crippen LogP contribution >= 0.6 is 0 Å². The molecule has 3 nitrogen and oxygen atoms in total. The molecule has 0 unspecified atom stereocenters. The SMILES string of the molecule is [2H]c1c([2H])c([2H])c(-c2c([2H])c(-c3c([2H])c([2H])c([2H])c([2H])c3[2H])c([2H])c(-n3c4ccccc4c4cc(-n5c6ccccc6c6ccc(-n7c8ccccc8c8ccccc87)cc65)ccc43)c2[2H])c([2H])c1[2H]. The second-order valence-corrected chi connectivity index (χ2v) is 14.0. The van der Waals surface area contributed by atoms with Gasteiger partial charge in [0.25, 0.3) is 0 Å². The van der Waals surface area contributed by atoms with Gasteiger partial charge in [-0.2, -0.15) is 0 Å². The lowest BCUT2D eigenvalue weighted by atomic mass is 9.98. The zero-order valence-electron chi connectivity index (χ0n) is 43.0. The molecule has 0 aliphatic rings. The summed E-state index contributed by atoms with van der Waals surface area (Å²) in [5.41, 5.74) is 4.76. The summed E-state index contributed by atoms with van der Waals surface area (Å²) in [6.45, 7) is 0. The molecule has 12 rings (SSSR count). The Labute approximate surface area is 347 Å². The molecule has 0 spiro atoms. The second-order valence-electron chi connectivity index (χ2n) is 14.0. The first-order valence-electron chi connectivity index (χ1n) is 25.0. The van der Waals surface area contributed by atoms with Gasteiger partial charge in [-0.1, -0.05) is 139 Å². The first-order valence-corrected chi connectivity index (χ1v) is 18.5. The molecule has 0 bridgehead atoms. The van der Waals surface area contributed by atoms with Gasteiger partial charge in [0, 0.05) is 49.4 Å². The summed E-state index contributed by atoms with van der Waals surface area (Å²) >= 11 is 0. The van der Waals surface area contributed by atoms with E-state index in [1.54, 1.807) is 16.7 Å². The summed E-state index contributed by atoms with van der Waals surface area (Å²) in [5.74, 6) is 0. The van der Waals surface area contributed by atoms with Crippen LogP contribution in [0.5, 0.6) is 0 Å². The number of hydrogen-bond donors (Lipinski definition) is 0. The lowest BCUT2D eigenvalue weighted by molar-refractivity contribution is 1.15. The highest BCUT2D eigenvalue weighted by Gasteiger charge is 2.19. The molecule has 0 amide bonds. The van der Waals surface area contributed by atoms with Crippen LogP contribution < -0.4 is 0 Å². The van der Waals surface area contributed by atoms with Crippen molar-refractivity contribution in [3.63, 3.8) is 0 Å². The third-order valence-corrected chi connectivity index (χ3v) is 10.9. The molecule has 266 valence electrons. The maximum atomic E-state index is 9.88. The number of aromatic nitrogens is 3. The Hall–Kier alpha value is -7.62. The van der Waals surface area contributed by atoms with Gasteiger partial charge in [-0.3, -0.25) is 0 Å². The van der Waals surface area contributed by atoms with Crippen molar-refractivity contribution in [2.45, 2.75) is 0 Å². The van der Waals surface area contributed by atoms with Crippen molar-refractivity contribution in [2.24, 2.45) is 0 Å². The fourth-order valence-electron chi connectivity index (χ4n) is 8.49. The van der Waals surface area contributed by atoms with Gasteiger partial charge in [-0.25, -0.2) is 0 Å². The Morgan fingerprint density at radius 2 is 0.667 bits per heavy atom. The monoisotopic (exact) mass is 738 g/mol. The van der Waals surface area contributed by atoms with Crippen LogP contribution in [0.3, 0.4) is 0 Å². The largest absolute Gasteiger partial charge is 0.309 e. The second kappa shape index (κ2) is 12.5. The molecule has 0 fully saturated rings. The van der Waals surface area contributed by atoms with Gasteiger partial charge in [0.2, 0.25) is 0 Å². The number of rotatable bonds is 5. The number of hydrogen-bond acceptors (Lipinski definition) is 0. The zero-order chi connectivity index (χ0) is 48.8. The molecule has 0 N–H and O–H groups in total. The molecule has 0 aliphatic heterocycles. The van der Waals surface area contributed by atoms with Crippen LogP contribution in [0.2, 0.25) is 0 Å². The van der Waals surface area contributed by atoms with E-state index in [4.69, 9.17) is 13.7 Å². The number of nitrogens with zero attached hydrogens (tertiary/aromatic N) is 3. The molecule has 0 saturated carbocycles. The van der Waals surface area contributed by atoms with E-state index in [0.717, 1.165) is 55.0 Å². The lowest BCUT2D eigenvalue weighted by Crippen LogP contribution is -1.98. The normalized spacial score (nSPS) is 15.1. The Morgan fingerprint density at radius 3 is 1.19 bits per heavy atom. The zero-order valence-corrected chi connectivity index (χ0v) is 30.0. The minimum atomic E-state index is -0.715. The fourth-order valence-corrected chi connectivity index (χ4v) is 8.49. The highest BCUT2D eigenvalue weighted by Crippen LogP contribution is 2.40. The maximum absolute atomic E-state index is 9.88. The van der Waals surface area contributed by atoms with Gasteiger partial charge >= 0.3 is 0 Å². The number of benzene rings is 9. The molecule has 3 heterocycles. The van der Waals surface area contributed by atoms with Crippen molar-refractivity contribution in [2.75, 3.05) is 0 Å². The predicted molar refractivity (Wildman–Crippen MR) is 240 cm³/mol. The molecule has 3 aromatic heterocycles. The Morgan fingerprint density at radius 1 is 0.281 bits per heavy atom. The maximum Gasteiger partial charge on any atom is 0.0651 e. The minimum absolute atomic E-state index is 0.189. The fraction of sp³-hybridized carbons (Fsp3) is 0. The van der Waals surface area contributed by atoms with Gasteiger partial charge in [-0.05, 0) is 95.0 Å². The summed E-state index contributed by atoms with van der Waals surface area (Å²) < 4.78 is 122. The van der Waals surface area contributed by atoms with Gasteiger partial charge in [-0.15, -0.1) is 0 Å². The predicted octanol–water partition coefficient (Wildman–Crippen LogP) is 14.3. The smallest absolute Gasteiger partial charge is 0.0651 e. The molecule has 0 radical (unpaired) electrons. The highest BCUT2D eigenvalue weighted by molar-refractivity contribution is 6.13. The van der Waals surface area contributed by atoms with Crippen LogP contribution in [-0.2, 0) is 0 Å². The third kappa shape index (κ3) is 4.86. The van der Waals surface area contributed by atoms with Crippen molar-refractivity contribution in [3.8, 4) is 39.3 Å². The van der Waals surface area contributed by atoms with E-state index in [1.807, 2.05) is 66.7 Å². The van der Waals surface area contributed by atoms with Crippen LogP contribution in [0.1, 0.15) is 17.8 Å². The van der Waals surface area contributed by atoms with Gasteiger partial charge in [0.15, 0.2) is 0 Å². The standard InChI is InChI=1S/C54H35N3/c1-3-15-36(16-4-1)38-31-39(37-17-5-2-6-18-37)33-42(32-38)57-52-26-14-10-22-46(52)48-34-40(28-30-53(48)57)56-51-25-13-9-21-45(51)47-29-27-41(35-54(47)56)55-49-23-11-7-19-43(49)44-20-8-12-24-50(44)55/h1-35H/i1D,2D,3D,4D,5D,6D,15D,16D,17D,18D,31D,32D,33D. The van der Waals surface area contributed by atoms with Crippen LogP contribution in [0.15, 0.2) is 212 Å². The molecule has 9 aromatic carbocycles. The van der Waals surface area contributed by atoms with Crippen LogP contribution in [0, 0.1) is 0 Å². The average Bonchev–Trinajstić information content (AvgIpc) is 4.01. The molecule has 57 heavy (non-hydrogen) atoms. The first-order chi connectivity index (χ1) is 33.7. The van der Waals surface area contributed by atoms with Crippen molar-refractivity contribution in [1.29, 1.82) is 0 Å². The molecule has 12 aromatic rings. The molecule has 0 atom stereocenters. The van der Waals surface area contributed by atoms with Crippen molar-refractivity contribution < 1.29 is 17.8 Å². The lowest BCUT2D eigenvalue weighted by Gasteiger charge is -2.14. The average molecular weight is 739 g/mol. The van der Waals surface area contributed by atoms with Crippen LogP contribution in [0.25, 0.3) is 105 Å². The van der Waals surface area contributed by atoms with E-state index in [2.05, 4.69) is 63.7 Å². The van der Waals surface area contributed by atoms with E-state index in [0.29, 0.717) is 21.8 Å². The van der Waals surface area contributed by atoms with Crippen LogP contribution in [-0.4, -0.2) is 13.7 Å². The summed E-state index contributed by atoms with van der Waals surface area (Å²) in [6.07, 6.45) is 0. The Kier molecular flexibility index (Phi) is 4.69. The van der Waals surface area contributed by atoms with Crippen molar-refractivity contribution in [3.05, 3.63) is 212 Å². The van der Waals surface area contributed by atoms with E-state index in [-0.39, 0.29) is 5.69 Å². The van der Waals surface area contributed by atoms with Crippen molar-refractivity contribution in [1.82, 2.24) is 13.7 Å². The van der Waals surface area contributed by atoms with Crippen LogP contribution in [0.4, 0.5) is 0 Å². The van der Waals surface area contributed by atoms with E-state index >= 15 is 0 Å². The summed E-state index contributed by atoms with van der Waals surface area (Å²) in [4.78, 5) is 0. The first kappa shape index (κ1) is 21.5. The van der Waals surface area contributed by atoms with Gasteiger partial charge in [0.05, 0.1) is 50.9 Å². The number of fused-ring (bicyclic) bond motifs is 9. The van der Waals surface area contributed by atoms with E-state index < -0.39 is 101 Å². The minimum Gasteiger partial charge on any atom is -0.309 e. The molecule has 3 heteroatoms. The molecular weight excluding hydrogens is 691 g/mol. The van der Waals surface area contributed by atoms with E-state index in [9.17, 15) is 4.11 Å². The quantitative estimate of drug-likeness (QED) is 0.167. The van der Waals surface area contributed by atoms with Gasteiger partial charge in [0.1, 0.15) is 0 Å². The summed E-state index contributed by atoms with van der Waals surface area (Å²) in [5, 5.41) is 5.79. The highest BCUT2D eigenvalue weighted by atomic mass is 15.0. The van der Waals surface area contributed by atoms with Crippen molar-refractivity contribution >= 4 is 65.4 Å². The molecule has 0 aliphatic carbocycles. The molecular formula is C54H35N3. The molecule has 0 saturated heterocycles. The Balaban J connectivity index is 1.16. The summed E-state index contributed by atoms with van der Waals surface area (Å²) in [7, 11) is 0. The van der Waals surface area contributed by atoms with E-state index in [1.165, 1.54) is 0 Å². The third-order valence-electron chi connectivity index (χ3n) is 10.9. The van der Waals surface area contributed by atoms with Gasteiger partial charge < -0.3 is 13.7 Å². The Bertz CT molecular complexity index is 4090. The number of para-hydroxylation sites is 4. The summed E-state index contributed by atoms with van der Waals surface area (Å²) in [6, 6.07) is 35.8. The topological polar surface area (TPSA) is 14.8 Å².